The van der Waals surface area contributed by atoms with Gasteiger partial charge in [-0.1, -0.05) is 12.5 Å². The summed E-state index contributed by atoms with van der Waals surface area (Å²) in [5, 5.41) is 2.47. The van der Waals surface area contributed by atoms with Crippen LogP contribution in [0.5, 0.6) is 0 Å². The molecule has 3 atom stereocenters. The molecule has 1 aromatic heterocycles. The highest BCUT2D eigenvalue weighted by atomic mass is 15.5. The summed E-state index contributed by atoms with van der Waals surface area (Å²) in [5.41, 5.74) is 6.43. The molecule has 3 nitrogen and oxygen atoms in total. The van der Waals surface area contributed by atoms with Gasteiger partial charge in [-0.2, -0.15) is 0 Å². The molecule has 98 valence electrons. The first kappa shape index (κ1) is 12.1. The third-order valence-corrected chi connectivity index (χ3v) is 4.46. The van der Waals surface area contributed by atoms with Gasteiger partial charge in [0.05, 0.1) is 11.7 Å². The lowest BCUT2D eigenvalue weighted by atomic mass is 9.99. The zero-order valence-corrected chi connectivity index (χ0v) is 11.4. The number of pyridine rings is 1. The van der Waals surface area contributed by atoms with E-state index in [0.717, 1.165) is 6.42 Å². The van der Waals surface area contributed by atoms with Gasteiger partial charge in [-0.05, 0) is 51.2 Å². The van der Waals surface area contributed by atoms with Crippen LogP contribution < -0.4 is 5.43 Å². The second kappa shape index (κ2) is 4.98. The molecule has 0 radical (unpaired) electrons. The van der Waals surface area contributed by atoms with Gasteiger partial charge in [0.1, 0.15) is 0 Å². The smallest absolute Gasteiger partial charge is 0.0643 e. The summed E-state index contributed by atoms with van der Waals surface area (Å²) in [7, 11) is 0. The average molecular weight is 245 g/mol. The summed E-state index contributed by atoms with van der Waals surface area (Å²) in [5.74, 6) is 0. The fourth-order valence-electron chi connectivity index (χ4n) is 3.39. The molecule has 18 heavy (non-hydrogen) atoms. The molecule has 2 heterocycles. The highest BCUT2D eigenvalue weighted by molar-refractivity contribution is 5.27. The number of piperidine rings is 1. The Morgan fingerprint density at radius 3 is 2.78 bits per heavy atom. The van der Waals surface area contributed by atoms with Gasteiger partial charge in [0.15, 0.2) is 0 Å². The second-order valence-electron chi connectivity index (χ2n) is 5.80. The standard InChI is InChI=1S/C15H23N3/c1-11-5-3-6-12(2)18(11)17-14-9-8-13-7-4-10-16-15(13)14/h4,7,10-12,14,17H,3,5-6,8-9H2,1-2H3. The van der Waals surface area contributed by atoms with Crippen molar-refractivity contribution < 1.29 is 0 Å². The van der Waals surface area contributed by atoms with E-state index < -0.39 is 0 Å². The van der Waals surface area contributed by atoms with E-state index in [-0.39, 0.29) is 0 Å². The topological polar surface area (TPSA) is 28.2 Å². The van der Waals surface area contributed by atoms with Gasteiger partial charge in [-0.15, -0.1) is 0 Å². The number of aromatic nitrogens is 1. The van der Waals surface area contributed by atoms with Crippen LogP contribution in [0.2, 0.25) is 0 Å². The molecule has 3 unspecified atom stereocenters. The van der Waals surface area contributed by atoms with Crippen molar-refractivity contribution >= 4 is 0 Å². The SMILES string of the molecule is CC1CCCC(C)N1NC1CCc2cccnc21. The normalized spacial score (nSPS) is 32.4. The fraction of sp³-hybridized carbons (Fsp3) is 0.667. The molecule has 1 aliphatic heterocycles. The van der Waals surface area contributed by atoms with Crippen LogP contribution >= 0.6 is 0 Å². The Bertz CT molecular complexity index is 408. The molecule has 0 amide bonds. The number of hydrogen-bond acceptors (Lipinski definition) is 3. The van der Waals surface area contributed by atoms with Crippen LogP contribution in [0.3, 0.4) is 0 Å². The van der Waals surface area contributed by atoms with E-state index in [1.54, 1.807) is 0 Å². The zero-order chi connectivity index (χ0) is 12.5. The molecule has 2 aliphatic rings. The van der Waals surface area contributed by atoms with E-state index in [2.05, 4.69) is 35.3 Å². The number of hydrazine groups is 1. The average Bonchev–Trinajstić information content (AvgIpc) is 2.77. The Kier molecular flexibility index (Phi) is 3.35. The summed E-state index contributed by atoms with van der Waals surface area (Å²) in [4.78, 5) is 4.57. The summed E-state index contributed by atoms with van der Waals surface area (Å²) in [6.45, 7) is 4.66. The van der Waals surface area contributed by atoms with Crippen molar-refractivity contribution in [2.24, 2.45) is 0 Å². The first-order valence-corrected chi connectivity index (χ1v) is 7.24. The summed E-state index contributed by atoms with van der Waals surface area (Å²) < 4.78 is 0. The van der Waals surface area contributed by atoms with Crippen LogP contribution in [0, 0.1) is 0 Å². The highest BCUT2D eigenvalue weighted by Gasteiger charge is 2.30. The van der Waals surface area contributed by atoms with Crippen molar-refractivity contribution in [1.29, 1.82) is 0 Å². The van der Waals surface area contributed by atoms with Gasteiger partial charge in [0.2, 0.25) is 0 Å². The van der Waals surface area contributed by atoms with Gasteiger partial charge in [-0.3, -0.25) is 4.98 Å². The number of rotatable bonds is 2. The molecule has 3 heteroatoms. The third-order valence-electron chi connectivity index (χ3n) is 4.46. The summed E-state index contributed by atoms with van der Waals surface area (Å²) >= 11 is 0. The Balaban J connectivity index is 1.74. The summed E-state index contributed by atoms with van der Waals surface area (Å²) in [6.07, 6.45) is 8.24. The van der Waals surface area contributed by atoms with E-state index in [4.69, 9.17) is 0 Å². The van der Waals surface area contributed by atoms with Crippen molar-refractivity contribution in [3.63, 3.8) is 0 Å². The monoisotopic (exact) mass is 245 g/mol. The van der Waals surface area contributed by atoms with Crippen molar-refractivity contribution in [2.45, 2.75) is 64.1 Å². The van der Waals surface area contributed by atoms with Crippen LogP contribution in [0.4, 0.5) is 0 Å². The Morgan fingerprint density at radius 2 is 2.00 bits per heavy atom. The predicted octanol–water partition coefficient (Wildman–Crippen LogP) is 2.84. The molecule has 3 rings (SSSR count). The maximum atomic E-state index is 4.57. The highest BCUT2D eigenvalue weighted by Crippen LogP contribution is 2.31. The quantitative estimate of drug-likeness (QED) is 0.868. The number of aryl methyl sites for hydroxylation is 1. The third kappa shape index (κ3) is 2.17. The van der Waals surface area contributed by atoms with Gasteiger partial charge in [0, 0.05) is 18.3 Å². The number of nitrogens with zero attached hydrogens (tertiary/aromatic N) is 2. The second-order valence-corrected chi connectivity index (χ2v) is 5.80. The largest absolute Gasteiger partial charge is 0.259 e. The lowest BCUT2D eigenvalue weighted by molar-refractivity contribution is 0.0287. The van der Waals surface area contributed by atoms with Crippen LogP contribution in [0.1, 0.15) is 56.8 Å². The number of hydrogen-bond donors (Lipinski definition) is 1. The van der Waals surface area contributed by atoms with E-state index in [0.29, 0.717) is 18.1 Å². The molecule has 1 aromatic rings. The van der Waals surface area contributed by atoms with E-state index in [1.807, 2.05) is 12.3 Å². The lowest BCUT2D eigenvalue weighted by Gasteiger charge is -2.40. The lowest BCUT2D eigenvalue weighted by Crippen LogP contribution is -2.52. The maximum Gasteiger partial charge on any atom is 0.0643 e. The molecule has 1 N–H and O–H groups in total. The summed E-state index contributed by atoms with van der Waals surface area (Å²) in [6, 6.07) is 5.97. The van der Waals surface area contributed by atoms with Gasteiger partial charge >= 0.3 is 0 Å². The minimum atomic E-state index is 0.421. The Labute approximate surface area is 110 Å². The van der Waals surface area contributed by atoms with Gasteiger partial charge in [0.25, 0.3) is 0 Å². The molecule has 1 aliphatic carbocycles. The first-order chi connectivity index (χ1) is 8.75. The van der Waals surface area contributed by atoms with E-state index in [9.17, 15) is 0 Å². The van der Waals surface area contributed by atoms with Crippen LogP contribution in [-0.4, -0.2) is 22.1 Å². The van der Waals surface area contributed by atoms with Crippen LogP contribution in [0.15, 0.2) is 18.3 Å². The van der Waals surface area contributed by atoms with E-state index in [1.165, 1.54) is 36.9 Å². The van der Waals surface area contributed by atoms with Crippen molar-refractivity contribution in [2.75, 3.05) is 0 Å². The van der Waals surface area contributed by atoms with Crippen molar-refractivity contribution in [1.82, 2.24) is 15.4 Å². The Hall–Kier alpha value is -0.930. The van der Waals surface area contributed by atoms with E-state index >= 15 is 0 Å². The molecule has 0 bridgehead atoms. The fourth-order valence-corrected chi connectivity index (χ4v) is 3.39. The molecule has 1 saturated heterocycles. The Morgan fingerprint density at radius 1 is 1.22 bits per heavy atom. The van der Waals surface area contributed by atoms with Crippen molar-refractivity contribution in [3.05, 3.63) is 29.6 Å². The molecule has 1 fully saturated rings. The van der Waals surface area contributed by atoms with Crippen LogP contribution in [-0.2, 0) is 6.42 Å². The predicted molar refractivity (Wildman–Crippen MR) is 73.0 cm³/mol. The minimum Gasteiger partial charge on any atom is -0.259 e. The molecular weight excluding hydrogens is 222 g/mol. The van der Waals surface area contributed by atoms with Gasteiger partial charge in [-0.25, -0.2) is 10.4 Å². The van der Waals surface area contributed by atoms with Gasteiger partial charge < -0.3 is 0 Å². The number of fused-ring (bicyclic) bond motifs is 1. The van der Waals surface area contributed by atoms with Crippen molar-refractivity contribution in [3.8, 4) is 0 Å². The number of nitrogens with one attached hydrogen (secondary N) is 1. The molecule has 0 spiro atoms. The molecule has 0 aromatic carbocycles. The molecular formula is C15H23N3. The van der Waals surface area contributed by atoms with Crippen LogP contribution in [0.25, 0.3) is 0 Å². The first-order valence-electron chi connectivity index (χ1n) is 7.24. The zero-order valence-electron chi connectivity index (χ0n) is 11.4. The minimum absolute atomic E-state index is 0.421. The molecule has 0 saturated carbocycles. The maximum absolute atomic E-state index is 4.57.